The molecule has 0 saturated heterocycles. The molecule has 0 aliphatic heterocycles. The van der Waals surface area contributed by atoms with Crippen LogP contribution >= 0.6 is 0 Å². The fourth-order valence-corrected chi connectivity index (χ4v) is 1.85. The van der Waals surface area contributed by atoms with Crippen molar-refractivity contribution in [3.8, 4) is 5.69 Å². The molecule has 1 aromatic heterocycles. The Morgan fingerprint density at radius 2 is 1.90 bits per heavy atom. The van der Waals surface area contributed by atoms with E-state index < -0.39 is 16.3 Å². The Labute approximate surface area is 118 Å². The van der Waals surface area contributed by atoms with Crippen LogP contribution in [-0.2, 0) is 0 Å². The van der Waals surface area contributed by atoms with Crippen LogP contribution in [0.25, 0.3) is 5.69 Å². The van der Waals surface area contributed by atoms with Crippen molar-refractivity contribution in [3.05, 3.63) is 68.1 Å². The highest BCUT2D eigenvalue weighted by molar-refractivity contribution is 5.95. The van der Waals surface area contributed by atoms with Crippen molar-refractivity contribution < 1.29 is 14.5 Å². The van der Waals surface area contributed by atoms with E-state index in [9.17, 15) is 24.5 Å². The monoisotopic (exact) mass is 286 g/mol. The Bertz CT molecular complexity index is 790. The third-order valence-corrected chi connectivity index (χ3v) is 2.89. The number of Topliss-reactive ketones (excluding diaryl/α,β-unsaturated/α-hetero) is 1. The molecule has 0 fully saturated rings. The summed E-state index contributed by atoms with van der Waals surface area (Å²) in [6.45, 7) is 1.23. The number of hydrogen-bond acceptors (Lipinski definition) is 5. The third kappa shape index (κ3) is 2.76. The zero-order valence-corrected chi connectivity index (χ0v) is 11.0. The summed E-state index contributed by atoms with van der Waals surface area (Å²) in [5, 5.41) is 10.6. The number of pyridine rings is 1. The number of nitrogens with zero attached hydrogens (tertiary/aromatic N) is 2. The molecule has 2 rings (SSSR count). The van der Waals surface area contributed by atoms with E-state index in [4.69, 9.17) is 0 Å². The van der Waals surface area contributed by atoms with Crippen LogP contribution in [-0.4, -0.2) is 21.6 Å². The Kier molecular flexibility index (Phi) is 3.75. The van der Waals surface area contributed by atoms with Crippen LogP contribution in [0.5, 0.6) is 0 Å². The summed E-state index contributed by atoms with van der Waals surface area (Å²) >= 11 is 0. The number of aromatic nitrogens is 1. The average molecular weight is 286 g/mol. The standard InChI is InChI=1S/C14H10N2O5/c1-9(18)13-6-10(8-17)7-15(14(13)19)11-2-4-12(5-3-11)16(20)21/h2-8H,1H3. The van der Waals surface area contributed by atoms with E-state index in [0.717, 1.165) is 4.57 Å². The summed E-state index contributed by atoms with van der Waals surface area (Å²) < 4.78 is 1.12. The molecule has 0 amide bonds. The molecule has 1 aromatic carbocycles. The number of nitro benzene ring substituents is 1. The number of nitro groups is 1. The molecular formula is C14H10N2O5. The lowest BCUT2D eigenvalue weighted by molar-refractivity contribution is -0.384. The summed E-state index contributed by atoms with van der Waals surface area (Å²) in [7, 11) is 0. The van der Waals surface area contributed by atoms with E-state index in [2.05, 4.69) is 0 Å². The summed E-state index contributed by atoms with van der Waals surface area (Å²) in [4.78, 5) is 44.6. The number of ketones is 1. The number of non-ortho nitro benzene ring substituents is 1. The van der Waals surface area contributed by atoms with Gasteiger partial charge in [0.1, 0.15) is 0 Å². The summed E-state index contributed by atoms with van der Waals surface area (Å²) in [5.41, 5.74) is -0.319. The maximum atomic E-state index is 12.2. The second kappa shape index (κ2) is 5.49. The molecule has 7 heteroatoms. The van der Waals surface area contributed by atoms with Crippen molar-refractivity contribution in [2.75, 3.05) is 0 Å². The van der Waals surface area contributed by atoms with Crippen molar-refractivity contribution in [3.63, 3.8) is 0 Å². The maximum Gasteiger partial charge on any atom is 0.269 e. The van der Waals surface area contributed by atoms with Gasteiger partial charge in [-0.3, -0.25) is 29.1 Å². The van der Waals surface area contributed by atoms with E-state index in [1.807, 2.05) is 0 Å². The van der Waals surface area contributed by atoms with Crippen LogP contribution < -0.4 is 5.56 Å². The van der Waals surface area contributed by atoms with E-state index in [1.54, 1.807) is 0 Å². The van der Waals surface area contributed by atoms with Crippen LogP contribution in [0.3, 0.4) is 0 Å². The van der Waals surface area contributed by atoms with Gasteiger partial charge in [-0.25, -0.2) is 0 Å². The lowest BCUT2D eigenvalue weighted by Crippen LogP contribution is -2.24. The Balaban J connectivity index is 2.65. The van der Waals surface area contributed by atoms with Gasteiger partial charge < -0.3 is 0 Å². The van der Waals surface area contributed by atoms with Gasteiger partial charge in [0.05, 0.1) is 10.5 Å². The summed E-state index contributed by atoms with van der Waals surface area (Å²) in [5.74, 6) is -0.459. The quantitative estimate of drug-likeness (QED) is 0.369. The minimum Gasteiger partial charge on any atom is -0.298 e. The van der Waals surface area contributed by atoms with Crippen LogP contribution in [0.4, 0.5) is 5.69 Å². The van der Waals surface area contributed by atoms with Crippen LogP contribution in [0.1, 0.15) is 27.6 Å². The molecule has 0 aliphatic rings. The summed E-state index contributed by atoms with van der Waals surface area (Å²) in [6, 6.07) is 6.45. The number of hydrogen-bond donors (Lipinski definition) is 0. The second-order valence-electron chi connectivity index (χ2n) is 4.31. The zero-order valence-electron chi connectivity index (χ0n) is 11.0. The molecule has 0 radical (unpaired) electrons. The van der Waals surface area contributed by atoms with E-state index >= 15 is 0 Å². The number of carbonyl (C=O) groups excluding carboxylic acids is 2. The smallest absolute Gasteiger partial charge is 0.269 e. The molecule has 1 heterocycles. The number of aldehydes is 1. The first-order valence-electron chi connectivity index (χ1n) is 5.91. The molecule has 7 nitrogen and oxygen atoms in total. The van der Waals surface area contributed by atoms with Crippen LogP contribution in [0.2, 0.25) is 0 Å². The molecule has 0 spiro atoms. The topological polar surface area (TPSA) is 99.3 Å². The minimum absolute atomic E-state index is 0.113. The fourth-order valence-electron chi connectivity index (χ4n) is 1.85. The minimum atomic E-state index is -0.582. The normalized spacial score (nSPS) is 10.1. The Morgan fingerprint density at radius 1 is 1.29 bits per heavy atom. The number of rotatable bonds is 4. The van der Waals surface area contributed by atoms with E-state index in [1.165, 1.54) is 43.5 Å². The van der Waals surface area contributed by atoms with Crippen molar-refractivity contribution in [1.82, 2.24) is 4.57 Å². The van der Waals surface area contributed by atoms with Gasteiger partial charge in [-0.15, -0.1) is 0 Å². The SMILES string of the molecule is CC(=O)c1cc(C=O)cn(-c2ccc([N+](=O)[O-])cc2)c1=O. The fraction of sp³-hybridized carbons (Fsp3) is 0.0714. The van der Waals surface area contributed by atoms with E-state index in [-0.39, 0.29) is 16.8 Å². The van der Waals surface area contributed by atoms with Gasteiger partial charge in [0.15, 0.2) is 12.1 Å². The highest BCUT2D eigenvalue weighted by atomic mass is 16.6. The first-order chi connectivity index (χ1) is 9.93. The van der Waals surface area contributed by atoms with Crippen molar-refractivity contribution in [1.29, 1.82) is 0 Å². The van der Waals surface area contributed by atoms with Crippen LogP contribution in [0, 0.1) is 10.1 Å². The largest absolute Gasteiger partial charge is 0.298 e. The third-order valence-electron chi connectivity index (χ3n) is 2.89. The first kappa shape index (κ1) is 14.3. The van der Waals surface area contributed by atoms with Gasteiger partial charge in [-0.2, -0.15) is 0 Å². The molecule has 0 saturated carbocycles. The highest BCUT2D eigenvalue weighted by Gasteiger charge is 2.12. The highest BCUT2D eigenvalue weighted by Crippen LogP contribution is 2.14. The van der Waals surface area contributed by atoms with Crippen LogP contribution in [0.15, 0.2) is 41.3 Å². The number of benzene rings is 1. The van der Waals surface area contributed by atoms with Gasteiger partial charge >= 0.3 is 0 Å². The molecule has 0 unspecified atom stereocenters. The lowest BCUT2D eigenvalue weighted by atomic mass is 10.1. The van der Waals surface area contributed by atoms with Crippen molar-refractivity contribution in [2.24, 2.45) is 0 Å². The Hall–Kier alpha value is -3.09. The predicted molar refractivity (Wildman–Crippen MR) is 74.1 cm³/mol. The van der Waals surface area contributed by atoms with Crippen molar-refractivity contribution in [2.45, 2.75) is 6.92 Å². The predicted octanol–water partition coefficient (Wildman–Crippen LogP) is 1.76. The number of carbonyl (C=O) groups is 2. The maximum absolute atomic E-state index is 12.2. The molecule has 106 valence electrons. The molecule has 0 N–H and O–H groups in total. The van der Waals surface area contributed by atoms with Gasteiger partial charge in [0.25, 0.3) is 11.2 Å². The molecule has 0 atom stereocenters. The van der Waals surface area contributed by atoms with Gasteiger partial charge in [-0.1, -0.05) is 0 Å². The molecule has 0 bridgehead atoms. The molecular weight excluding hydrogens is 276 g/mol. The first-order valence-corrected chi connectivity index (χ1v) is 5.91. The summed E-state index contributed by atoms with van der Waals surface area (Å²) in [6.07, 6.45) is 1.80. The second-order valence-corrected chi connectivity index (χ2v) is 4.31. The van der Waals surface area contributed by atoms with Gasteiger partial charge in [0, 0.05) is 29.6 Å². The lowest BCUT2D eigenvalue weighted by Gasteiger charge is -2.08. The van der Waals surface area contributed by atoms with E-state index in [0.29, 0.717) is 12.0 Å². The molecule has 2 aromatic rings. The molecule has 0 aliphatic carbocycles. The molecule has 21 heavy (non-hydrogen) atoms. The average Bonchev–Trinajstić information content (AvgIpc) is 2.47. The zero-order chi connectivity index (χ0) is 15.6. The Morgan fingerprint density at radius 3 is 2.38 bits per heavy atom. The van der Waals surface area contributed by atoms with Gasteiger partial charge in [-0.05, 0) is 25.1 Å². The van der Waals surface area contributed by atoms with Crippen molar-refractivity contribution >= 4 is 17.8 Å². The van der Waals surface area contributed by atoms with Gasteiger partial charge in [0.2, 0.25) is 0 Å².